The summed E-state index contributed by atoms with van der Waals surface area (Å²) in [6.07, 6.45) is 6.38. The van der Waals surface area contributed by atoms with E-state index in [0.717, 1.165) is 46.8 Å². The van der Waals surface area contributed by atoms with Crippen molar-refractivity contribution in [1.29, 1.82) is 0 Å². The van der Waals surface area contributed by atoms with E-state index in [0.29, 0.717) is 78.7 Å². The molecule has 19 heteroatoms. The Morgan fingerprint density at radius 2 is 1.51 bits per heavy atom. The van der Waals surface area contributed by atoms with Gasteiger partial charge in [0.25, 0.3) is 5.56 Å². The Kier molecular flexibility index (Phi) is 20.4. The van der Waals surface area contributed by atoms with Crippen LogP contribution in [0.1, 0.15) is 65.3 Å². The van der Waals surface area contributed by atoms with Gasteiger partial charge in [0.1, 0.15) is 25.1 Å². The van der Waals surface area contributed by atoms with Gasteiger partial charge in [-0.05, 0) is 75.8 Å². The van der Waals surface area contributed by atoms with Gasteiger partial charge in [-0.15, -0.1) is 0 Å². The van der Waals surface area contributed by atoms with Crippen molar-refractivity contribution in [2.75, 3.05) is 92.4 Å². The highest BCUT2D eigenvalue weighted by atomic mass is 32.1. The second kappa shape index (κ2) is 25.4. The average Bonchev–Trinajstić information content (AvgIpc) is 3.81. The molecule has 2 aliphatic heterocycles. The molecular weight excluding hydrogens is 875 g/mol. The van der Waals surface area contributed by atoms with Crippen molar-refractivity contribution < 1.29 is 47.1 Å². The molecule has 0 saturated heterocycles. The van der Waals surface area contributed by atoms with E-state index in [1.54, 1.807) is 6.08 Å². The first kappa shape index (κ1) is 52.2. The van der Waals surface area contributed by atoms with Crippen LogP contribution in [-0.4, -0.2) is 143 Å². The molecule has 0 fully saturated rings. The number of carbonyl (C=O) groups is 1. The number of hydrogen-bond acceptors (Lipinski definition) is 14. The summed E-state index contributed by atoms with van der Waals surface area (Å²) in [4.78, 5) is 45.6. The van der Waals surface area contributed by atoms with Crippen LogP contribution in [-0.2, 0) is 61.9 Å². The third-order valence-corrected chi connectivity index (χ3v) is 16.6. The number of nitrogens with zero attached hydrogens (tertiary/aromatic N) is 3. The number of benzene rings is 1. The number of aromatic amines is 2. The summed E-state index contributed by atoms with van der Waals surface area (Å²) in [5, 5.41) is 0.0575. The zero-order chi connectivity index (χ0) is 47.0. The maximum Gasteiger partial charge on any atom is 0.330 e. The molecule has 1 aromatic carbocycles. The molecule has 17 nitrogen and oxygen atoms in total. The number of nitrogens with one attached hydrogen (secondary N) is 2. The average molecular weight is 946 g/mol. The van der Waals surface area contributed by atoms with Crippen LogP contribution in [0.5, 0.6) is 5.75 Å². The Morgan fingerprint density at radius 1 is 0.892 bits per heavy atom. The van der Waals surface area contributed by atoms with Crippen LogP contribution in [0.2, 0.25) is 18.1 Å². The summed E-state index contributed by atoms with van der Waals surface area (Å²) < 4.78 is 56.0. The Bertz CT molecular complexity index is 2220. The van der Waals surface area contributed by atoms with Gasteiger partial charge in [0.05, 0.1) is 83.7 Å². The van der Waals surface area contributed by atoms with Gasteiger partial charge in [0.15, 0.2) is 19.3 Å². The number of ether oxygens (including phenoxy) is 8. The lowest BCUT2D eigenvalue weighted by Crippen LogP contribution is -2.42. The normalized spacial score (nSPS) is 17.8. The fourth-order valence-corrected chi connectivity index (χ4v) is 8.20. The first-order valence-electron chi connectivity index (χ1n) is 22.6. The molecule has 0 bridgehead atoms. The standard InChI is InChI=1S/C46H71N5O12SSi/c1-33(2)15-16-49-31-37-39(12-11-38-42(37)51(29-34(49)3)45(64)47-38)60-27-25-58-23-21-56-19-17-55-18-20-57-22-24-59-26-28-61-41(52)14-9-35-30-50(44(54)48-43(35)53)40-13-10-36(63-40)32-62-65(7,8)46(4,5)6/h10-13,15,30,34,36,40H,9,14,16-29,31-32H2,1-8H3,(H,47,64)(H,48,53,54)/t34-,36-,40+/m0/s1. The zero-order valence-electron chi connectivity index (χ0n) is 39.6. The maximum absolute atomic E-state index is 12.6. The van der Waals surface area contributed by atoms with Crippen LogP contribution in [0.15, 0.2) is 51.7 Å². The minimum absolute atomic E-state index is 0.0367. The number of H-pyrrole nitrogens is 2. The van der Waals surface area contributed by atoms with E-state index in [1.165, 1.54) is 16.3 Å². The third-order valence-electron chi connectivity index (χ3n) is 11.8. The van der Waals surface area contributed by atoms with E-state index in [4.69, 9.17) is 54.5 Å². The maximum atomic E-state index is 12.6. The fourth-order valence-electron chi connectivity index (χ4n) is 6.92. The lowest BCUT2D eigenvalue weighted by Gasteiger charge is -2.36. The van der Waals surface area contributed by atoms with E-state index in [-0.39, 0.29) is 42.8 Å². The van der Waals surface area contributed by atoms with E-state index in [9.17, 15) is 14.4 Å². The Labute approximate surface area is 388 Å². The van der Waals surface area contributed by atoms with Crippen molar-refractivity contribution in [3.8, 4) is 5.75 Å². The second-order valence-corrected chi connectivity index (χ2v) is 23.2. The first-order valence-corrected chi connectivity index (χ1v) is 26.0. The summed E-state index contributed by atoms with van der Waals surface area (Å²) in [6, 6.07) is 4.37. The van der Waals surface area contributed by atoms with Crippen molar-refractivity contribution in [3.63, 3.8) is 0 Å². The minimum Gasteiger partial charge on any atom is -0.491 e. The SMILES string of the molecule is CC(C)=CCN1Cc2c(OCCOCCOCCOCCOCCOCCOC(=O)CCc3cn([C@H]4C=C[C@@H](CO[Si](C)(C)C(C)(C)C)O4)c(=O)[nH]c3=O)ccc3[nH]c(=S)n(c23)C[C@@H]1C. The molecule has 362 valence electrons. The van der Waals surface area contributed by atoms with Crippen LogP contribution in [0, 0.1) is 4.77 Å². The molecule has 2 N–H and O–H groups in total. The molecule has 2 aromatic heterocycles. The van der Waals surface area contributed by atoms with Crippen LogP contribution in [0.4, 0.5) is 0 Å². The topological polar surface area (TPSA) is 179 Å². The summed E-state index contributed by atoms with van der Waals surface area (Å²) in [6.45, 7) is 24.6. The number of imidazole rings is 1. The van der Waals surface area contributed by atoms with Crippen molar-refractivity contribution in [2.45, 2.75) is 104 Å². The third kappa shape index (κ3) is 15.9. The number of aromatic nitrogens is 4. The molecular formula is C46H71N5O12SSi. The Morgan fingerprint density at radius 3 is 2.12 bits per heavy atom. The van der Waals surface area contributed by atoms with Gasteiger partial charge in [0, 0.05) is 49.4 Å². The molecule has 0 spiro atoms. The number of hydrogen-bond donors (Lipinski definition) is 2. The van der Waals surface area contributed by atoms with Gasteiger partial charge in [-0.2, -0.15) is 0 Å². The summed E-state index contributed by atoms with van der Waals surface area (Å²) in [5.74, 6) is 0.368. The van der Waals surface area contributed by atoms with E-state index in [1.807, 2.05) is 18.2 Å². The quantitative estimate of drug-likeness (QED) is 0.0292. The van der Waals surface area contributed by atoms with E-state index < -0.39 is 31.8 Å². The van der Waals surface area contributed by atoms with Gasteiger partial charge in [-0.3, -0.25) is 24.0 Å². The highest BCUT2D eigenvalue weighted by Crippen LogP contribution is 2.37. The van der Waals surface area contributed by atoms with Crippen LogP contribution in [0.3, 0.4) is 0 Å². The number of carbonyl (C=O) groups excluding carboxylic acids is 1. The lowest BCUT2D eigenvalue weighted by atomic mass is 10.1. The van der Waals surface area contributed by atoms with Crippen LogP contribution < -0.4 is 16.0 Å². The van der Waals surface area contributed by atoms with Crippen molar-refractivity contribution in [1.82, 2.24) is 24.0 Å². The molecule has 5 rings (SSSR count). The van der Waals surface area contributed by atoms with Crippen LogP contribution >= 0.6 is 12.2 Å². The molecule has 3 aromatic rings. The molecule has 0 unspecified atom stereocenters. The van der Waals surface area contributed by atoms with Crippen molar-refractivity contribution >= 4 is 37.5 Å². The molecule has 0 saturated carbocycles. The Hall–Kier alpha value is -3.76. The van der Waals surface area contributed by atoms with Gasteiger partial charge in [0.2, 0.25) is 0 Å². The van der Waals surface area contributed by atoms with Gasteiger partial charge in [-0.25, -0.2) is 4.79 Å². The molecule has 2 aliphatic rings. The molecule has 0 radical (unpaired) electrons. The number of esters is 1. The highest BCUT2D eigenvalue weighted by Gasteiger charge is 2.38. The second-order valence-electron chi connectivity index (χ2n) is 18.0. The Balaban J connectivity index is 0.837. The van der Waals surface area contributed by atoms with Crippen molar-refractivity contribution in [3.05, 3.63) is 78.9 Å². The highest BCUT2D eigenvalue weighted by molar-refractivity contribution is 7.71. The number of allylic oxidation sites excluding steroid dienone is 1. The van der Waals surface area contributed by atoms with Gasteiger partial charge in [-0.1, -0.05) is 38.5 Å². The molecule has 3 atom stereocenters. The first-order chi connectivity index (χ1) is 31.0. The van der Waals surface area contributed by atoms with Crippen molar-refractivity contribution in [2.24, 2.45) is 0 Å². The minimum atomic E-state index is -1.97. The summed E-state index contributed by atoms with van der Waals surface area (Å²) >= 11 is 5.67. The van der Waals surface area contributed by atoms with Crippen LogP contribution in [0.25, 0.3) is 11.0 Å². The predicted octanol–water partition coefficient (Wildman–Crippen LogP) is 5.83. The molecule has 65 heavy (non-hydrogen) atoms. The number of aryl methyl sites for hydroxylation is 1. The van der Waals surface area contributed by atoms with Gasteiger partial charge < -0.3 is 51.9 Å². The largest absolute Gasteiger partial charge is 0.491 e. The lowest BCUT2D eigenvalue weighted by molar-refractivity contribution is -0.145. The summed E-state index contributed by atoms with van der Waals surface area (Å²) in [7, 11) is -1.97. The monoisotopic (exact) mass is 945 g/mol. The van der Waals surface area contributed by atoms with E-state index >= 15 is 0 Å². The molecule has 0 aliphatic carbocycles. The molecule has 4 heterocycles. The molecule has 0 amide bonds. The predicted molar refractivity (Wildman–Crippen MR) is 253 cm³/mol. The fraction of sp³-hybridized carbons (Fsp3) is 0.652. The van der Waals surface area contributed by atoms with E-state index in [2.05, 4.69) is 80.1 Å². The smallest absolute Gasteiger partial charge is 0.330 e. The van der Waals surface area contributed by atoms with Gasteiger partial charge >= 0.3 is 11.7 Å². The zero-order valence-corrected chi connectivity index (χ0v) is 41.4. The number of rotatable bonds is 28. The summed E-state index contributed by atoms with van der Waals surface area (Å²) in [5.41, 5.74) is 3.71.